The summed E-state index contributed by atoms with van der Waals surface area (Å²) >= 11 is 0. The van der Waals surface area contributed by atoms with Gasteiger partial charge < -0.3 is 10.1 Å². The minimum absolute atomic E-state index is 0.514. The molecule has 2 rings (SSSR count). The molecule has 1 N–H and O–H groups in total. The van der Waals surface area contributed by atoms with Crippen LogP contribution in [0.4, 0.5) is 0 Å². The van der Waals surface area contributed by atoms with Gasteiger partial charge >= 0.3 is 0 Å². The summed E-state index contributed by atoms with van der Waals surface area (Å²) in [5.74, 6) is 0.650. The number of rotatable bonds is 6. The summed E-state index contributed by atoms with van der Waals surface area (Å²) in [7, 11) is 0. The van der Waals surface area contributed by atoms with Gasteiger partial charge in [-0.1, -0.05) is 13.8 Å². The van der Waals surface area contributed by atoms with E-state index in [9.17, 15) is 0 Å². The van der Waals surface area contributed by atoms with Crippen LogP contribution in [0.5, 0.6) is 0 Å². The summed E-state index contributed by atoms with van der Waals surface area (Å²) in [5, 5.41) is 3.85. The van der Waals surface area contributed by atoms with Crippen molar-refractivity contribution in [3.05, 3.63) is 0 Å². The molecule has 3 atom stereocenters. The molecule has 100 valence electrons. The number of ether oxygens (including phenoxy) is 1. The van der Waals surface area contributed by atoms with E-state index in [4.69, 9.17) is 4.74 Å². The molecular formula is C14H28N2O. The molecule has 0 spiro atoms. The lowest BCUT2D eigenvalue weighted by molar-refractivity contribution is 0.101. The molecule has 0 saturated carbocycles. The Hall–Kier alpha value is -0.120. The van der Waals surface area contributed by atoms with Gasteiger partial charge in [-0.25, -0.2) is 0 Å². The van der Waals surface area contributed by atoms with Gasteiger partial charge in [-0.15, -0.1) is 0 Å². The predicted octanol–water partition coefficient (Wildman–Crippen LogP) is 1.87. The van der Waals surface area contributed by atoms with Crippen molar-refractivity contribution in [1.29, 1.82) is 0 Å². The van der Waals surface area contributed by atoms with Crippen molar-refractivity contribution in [2.75, 3.05) is 26.3 Å². The largest absolute Gasteiger partial charge is 0.380 e. The van der Waals surface area contributed by atoms with E-state index in [1.54, 1.807) is 0 Å². The van der Waals surface area contributed by atoms with Gasteiger partial charge in [0.2, 0.25) is 0 Å². The van der Waals surface area contributed by atoms with E-state index >= 15 is 0 Å². The minimum Gasteiger partial charge on any atom is -0.380 e. The third kappa shape index (κ3) is 3.21. The molecular weight excluding hydrogens is 212 g/mol. The van der Waals surface area contributed by atoms with Crippen LogP contribution in [0.2, 0.25) is 0 Å². The molecule has 3 nitrogen and oxygen atoms in total. The summed E-state index contributed by atoms with van der Waals surface area (Å²) in [6.07, 6.45) is 4.10. The molecule has 3 unspecified atom stereocenters. The molecule has 0 aromatic rings. The van der Waals surface area contributed by atoms with Gasteiger partial charge in [0.1, 0.15) is 0 Å². The van der Waals surface area contributed by atoms with Crippen molar-refractivity contribution in [1.82, 2.24) is 10.2 Å². The van der Waals surface area contributed by atoms with Crippen molar-refractivity contribution in [2.24, 2.45) is 5.92 Å². The van der Waals surface area contributed by atoms with Gasteiger partial charge in [0, 0.05) is 31.3 Å². The molecule has 0 radical (unpaired) electrons. The van der Waals surface area contributed by atoms with Gasteiger partial charge in [-0.3, -0.25) is 4.90 Å². The number of hydrogen-bond donors (Lipinski definition) is 1. The lowest BCUT2D eigenvalue weighted by Gasteiger charge is -2.29. The van der Waals surface area contributed by atoms with Crippen LogP contribution >= 0.6 is 0 Å². The van der Waals surface area contributed by atoms with Crippen molar-refractivity contribution in [3.63, 3.8) is 0 Å². The van der Waals surface area contributed by atoms with Crippen LogP contribution in [0.25, 0.3) is 0 Å². The molecule has 2 heterocycles. The second-order valence-corrected chi connectivity index (χ2v) is 5.82. The molecule has 2 fully saturated rings. The highest BCUT2D eigenvalue weighted by atomic mass is 16.5. The van der Waals surface area contributed by atoms with E-state index in [2.05, 4.69) is 31.0 Å². The van der Waals surface area contributed by atoms with Gasteiger partial charge in [0.05, 0.1) is 6.61 Å². The second-order valence-electron chi connectivity index (χ2n) is 5.82. The van der Waals surface area contributed by atoms with Crippen molar-refractivity contribution in [2.45, 2.75) is 58.2 Å². The Labute approximate surface area is 106 Å². The number of nitrogens with one attached hydrogen (secondary N) is 1. The lowest BCUT2D eigenvalue weighted by Crippen LogP contribution is -2.48. The number of hydrogen-bond acceptors (Lipinski definition) is 3. The molecule has 0 aromatic heterocycles. The molecule has 2 aliphatic rings. The smallest absolute Gasteiger partial charge is 0.0622 e. The van der Waals surface area contributed by atoms with Crippen molar-refractivity contribution in [3.8, 4) is 0 Å². The van der Waals surface area contributed by atoms with Gasteiger partial charge in [-0.05, 0) is 38.6 Å². The Balaban J connectivity index is 1.84. The second kappa shape index (κ2) is 6.17. The Morgan fingerprint density at radius 2 is 2.12 bits per heavy atom. The highest BCUT2D eigenvalue weighted by Crippen LogP contribution is 2.28. The van der Waals surface area contributed by atoms with Gasteiger partial charge in [-0.2, -0.15) is 0 Å². The van der Waals surface area contributed by atoms with Crippen LogP contribution in [0.1, 0.15) is 40.0 Å². The normalized spacial score (nSPS) is 31.1. The predicted molar refractivity (Wildman–Crippen MR) is 71.3 cm³/mol. The number of nitrogens with zero attached hydrogens (tertiary/aromatic N) is 1. The third-order valence-corrected chi connectivity index (χ3v) is 4.34. The van der Waals surface area contributed by atoms with Crippen LogP contribution in [0.15, 0.2) is 0 Å². The van der Waals surface area contributed by atoms with E-state index in [-0.39, 0.29) is 0 Å². The van der Waals surface area contributed by atoms with E-state index in [0.717, 1.165) is 19.3 Å². The highest BCUT2D eigenvalue weighted by molar-refractivity contribution is 4.97. The standard InChI is InChI=1S/C14H28N2O/c1-4-17-10-13(11(2)3)15-12-7-9-16-8-5-6-14(12)16/h11-15H,4-10H2,1-3H3. The van der Waals surface area contributed by atoms with E-state index in [1.807, 2.05) is 0 Å². The molecule has 0 bridgehead atoms. The zero-order valence-corrected chi connectivity index (χ0v) is 11.6. The molecule has 0 aliphatic carbocycles. The van der Waals surface area contributed by atoms with Crippen LogP contribution in [-0.2, 0) is 4.74 Å². The maximum absolute atomic E-state index is 5.60. The Morgan fingerprint density at radius 3 is 2.82 bits per heavy atom. The summed E-state index contributed by atoms with van der Waals surface area (Å²) < 4.78 is 5.60. The van der Waals surface area contributed by atoms with Crippen molar-refractivity contribution >= 4 is 0 Å². The first kappa shape index (κ1) is 13.3. The first-order chi connectivity index (χ1) is 8.22. The first-order valence-electron chi connectivity index (χ1n) is 7.30. The summed E-state index contributed by atoms with van der Waals surface area (Å²) in [6.45, 7) is 11.0. The topological polar surface area (TPSA) is 24.5 Å². The molecule has 3 heteroatoms. The Bertz CT molecular complexity index is 232. The monoisotopic (exact) mass is 240 g/mol. The fraction of sp³-hybridized carbons (Fsp3) is 1.00. The average molecular weight is 240 g/mol. The quantitative estimate of drug-likeness (QED) is 0.767. The maximum Gasteiger partial charge on any atom is 0.0622 e. The maximum atomic E-state index is 5.60. The molecule has 2 saturated heterocycles. The van der Waals surface area contributed by atoms with Crippen LogP contribution in [0.3, 0.4) is 0 Å². The van der Waals surface area contributed by atoms with E-state index in [0.29, 0.717) is 18.0 Å². The minimum atomic E-state index is 0.514. The molecule has 0 aromatic carbocycles. The SMILES string of the molecule is CCOCC(NC1CCN2CCCC12)C(C)C. The fourth-order valence-electron chi connectivity index (χ4n) is 3.23. The van der Waals surface area contributed by atoms with Crippen LogP contribution < -0.4 is 5.32 Å². The summed E-state index contributed by atoms with van der Waals surface area (Å²) in [4.78, 5) is 2.66. The zero-order valence-electron chi connectivity index (χ0n) is 11.6. The van der Waals surface area contributed by atoms with Crippen LogP contribution in [0, 0.1) is 5.92 Å². The lowest BCUT2D eigenvalue weighted by atomic mass is 10.0. The average Bonchev–Trinajstić information content (AvgIpc) is 2.87. The third-order valence-electron chi connectivity index (χ3n) is 4.34. The van der Waals surface area contributed by atoms with Crippen LogP contribution in [-0.4, -0.2) is 49.3 Å². The van der Waals surface area contributed by atoms with Crippen molar-refractivity contribution < 1.29 is 4.74 Å². The van der Waals surface area contributed by atoms with E-state index < -0.39 is 0 Å². The number of fused-ring (bicyclic) bond motifs is 1. The fourth-order valence-corrected chi connectivity index (χ4v) is 3.23. The zero-order chi connectivity index (χ0) is 12.3. The highest BCUT2D eigenvalue weighted by Gasteiger charge is 2.38. The van der Waals surface area contributed by atoms with Gasteiger partial charge in [0.15, 0.2) is 0 Å². The Morgan fingerprint density at radius 1 is 1.29 bits per heavy atom. The van der Waals surface area contributed by atoms with E-state index in [1.165, 1.54) is 32.4 Å². The first-order valence-corrected chi connectivity index (χ1v) is 7.30. The summed E-state index contributed by atoms with van der Waals surface area (Å²) in [6, 6.07) is 2.02. The molecule has 0 amide bonds. The van der Waals surface area contributed by atoms with Gasteiger partial charge in [0.25, 0.3) is 0 Å². The Kier molecular flexibility index (Phi) is 4.83. The summed E-state index contributed by atoms with van der Waals surface area (Å²) in [5.41, 5.74) is 0. The molecule has 2 aliphatic heterocycles. The molecule has 17 heavy (non-hydrogen) atoms.